The van der Waals surface area contributed by atoms with E-state index in [0.717, 1.165) is 42.1 Å². The van der Waals surface area contributed by atoms with E-state index < -0.39 is 0 Å². The highest BCUT2D eigenvalue weighted by Crippen LogP contribution is 2.28. The summed E-state index contributed by atoms with van der Waals surface area (Å²) in [7, 11) is 1.70. The highest BCUT2D eigenvalue weighted by Gasteiger charge is 2.29. The summed E-state index contributed by atoms with van der Waals surface area (Å²) in [5.41, 5.74) is 3.71. The van der Waals surface area contributed by atoms with Crippen LogP contribution >= 0.6 is 0 Å². The molecule has 1 aliphatic heterocycles. The van der Waals surface area contributed by atoms with Gasteiger partial charge in [0.15, 0.2) is 5.78 Å². The Morgan fingerprint density at radius 1 is 1.06 bits per heavy atom. The maximum Gasteiger partial charge on any atom is 0.344 e. The Balaban J connectivity index is 1.42. The van der Waals surface area contributed by atoms with Crippen LogP contribution in [0.4, 0.5) is 4.79 Å². The molecular formula is C25H28N4O3. The lowest BCUT2D eigenvalue weighted by Crippen LogP contribution is -2.54. The van der Waals surface area contributed by atoms with E-state index in [-0.39, 0.29) is 17.9 Å². The van der Waals surface area contributed by atoms with E-state index in [4.69, 9.17) is 4.74 Å². The zero-order valence-electron chi connectivity index (χ0n) is 18.7. The summed E-state index contributed by atoms with van der Waals surface area (Å²) < 4.78 is 6.94. The summed E-state index contributed by atoms with van der Waals surface area (Å²) in [5, 5.41) is 4.11. The molecule has 2 aromatic carbocycles. The molecule has 1 atom stereocenters. The summed E-state index contributed by atoms with van der Waals surface area (Å²) in [5.74, 6) is 0.715. The molecule has 166 valence electrons. The Morgan fingerprint density at radius 2 is 1.84 bits per heavy atom. The number of methoxy groups -OCH3 is 1. The lowest BCUT2D eigenvalue weighted by Gasteiger charge is -2.39. The number of amides is 1. The maximum atomic E-state index is 12.9. The van der Waals surface area contributed by atoms with Crippen molar-refractivity contribution in [2.45, 2.75) is 26.4 Å². The highest BCUT2D eigenvalue weighted by atomic mass is 16.5. The zero-order chi connectivity index (χ0) is 22.7. The van der Waals surface area contributed by atoms with Crippen LogP contribution in [0.2, 0.25) is 0 Å². The van der Waals surface area contributed by atoms with Crippen LogP contribution in [-0.2, 0) is 6.54 Å². The smallest absolute Gasteiger partial charge is 0.344 e. The molecule has 1 amide bonds. The summed E-state index contributed by atoms with van der Waals surface area (Å²) in [6.45, 7) is 6.33. The molecule has 4 rings (SSSR count). The van der Waals surface area contributed by atoms with E-state index in [2.05, 4.69) is 40.3 Å². The van der Waals surface area contributed by atoms with Gasteiger partial charge in [-0.05, 0) is 30.2 Å². The Bertz CT molecular complexity index is 1110. The van der Waals surface area contributed by atoms with Gasteiger partial charge in [0.2, 0.25) is 0 Å². The van der Waals surface area contributed by atoms with Crippen LogP contribution < -0.4 is 4.74 Å². The van der Waals surface area contributed by atoms with Gasteiger partial charge in [0.05, 0.1) is 7.11 Å². The van der Waals surface area contributed by atoms with Crippen molar-refractivity contribution < 1.29 is 14.3 Å². The standard InChI is InChI=1S/C25H28N4O3/c1-18-16-27(13-14-28(18)25(31)29-12-11-23(26-29)19(2)30)17-22-10-9-21(15-24(22)32-3)20-7-5-4-6-8-20/h4-12,15,18H,13-14,16-17H2,1-3H3/t18-/m0/s1. The fraction of sp³-hybridized carbons (Fsp3) is 0.320. The van der Waals surface area contributed by atoms with Crippen LogP contribution in [0.1, 0.15) is 29.9 Å². The number of carbonyl (C=O) groups excluding carboxylic acids is 2. The van der Waals surface area contributed by atoms with Crippen molar-refractivity contribution in [1.82, 2.24) is 19.6 Å². The molecule has 1 fully saturated rings. The van der Waals surface area contributed by atoms with Crippen molar-refractivity contribution in [3.05, 3.63) is 72.1 Å². The highest BCUT2D eigenvalue weighted by molar-refractivity contribution is 5.92. The average Bonchev–Trinajstić information content (AvgIpc) is 3.30. The van der Waals surface area contributed by atoms with Crippen LogP contribution in [0, 0.1) is 0 Å². The molecule has 2 heterocycles. The van der Waals surface area contributed by atoms with Crippen molar-refractivity contribution in [3.8, 4) is 16.9 Å². The summed E-state index contributed by atoms with van der Waals surface area (Å²) in [6.07, 6.45) is 1.55. The molecular weight excluding hydrogens is 404 g/mol. The third-order valence-electron chi connectivity index (χ3n) is 5.89. The second-order valence-electron chi connectivity index (χ2n) is 8.15. The third kappa shape index (κ3) is 4.57. The minimum Gasteiger partial charge on any atom is -0.496 e. The molecule has 32 heavy (non-hydrogen) atoms. The minimum absolute atomic E-state index is 0.0239. The van der Waals surface area contributed by atoms with Crippen LogP contribution in [0.25, 0.3) is 11.1 Å². The molecule has 1 aromatic heterocycles. The maximum absolute atomic E-state index is 12.9. The van der Waals surface area contributed by atoms with Crippen molar-refractivity contribution in [1.29, 1.82) is 0 Å². The number of rotatable bonds is 5. The predicted octanol–water partition coefficient (Wildman–Crippen LogP) is 3.94. The Morgan fingerprint density at radius 3 is 2.50 bits per heavy atom. The van der Waals surface area contributed by atoms with Gasteiger partial charge in [-0.1, -0.05) is 42.5 Å². The predicted molar refractivity (Wildman–Crippen MR) is 123 cm³/mol. The van der Waals surface area contributed by atoms with Gasteiger partial charge in [0.1, 0.15) is 11.4 Å². The van der Waals surface area contributed by atoms with Crippen molar-refractivity contribution >= 4 is 11.8 Å². The van der Waals surface area contributed by atoms with Gasteiger partial charge in [-0.2, -0.15) is 9.78 Å². The molecule has 0 bridgehead atoms. The number of nitrogens with zero attached hydrogens (tertiary/aromatic N) is 4. The van der Waals surface area contributed by atoms with Gasteiger partial charge < -0.3 is 9.64 Å². The van der Waals surface area contributed by atoms with Gasteiger partial charge in [-0.15, -0.1) is 0 Å². The van der Waals surface area contributed by atoms with E-state index >= 15 is 0 Å². The van der Waals surface area contributed by atoms with E-state index in [0.29, 0.717) is 12.2 Å². The SMILES string of the molecule is COc1cc(-c2ccccc2)ccc1CN1CCN(C(=O)n2ccc(C(C)=O)n2)[C@@H](C)C1. The van der Waals surface area contributed by atoms with Crippen LogP contribution in [0.3, 0.4) is 0 Å². The lowest BCUT2D eigenvalue weighted by molar-refractivity contribution is 0.0960. The molecule has 1 saturated heterocycles. The van der Waals surface area contributed by atoms with Crippen molar-refractivity contribution in [2.75, 3.05) is 26.7 Å². The lowest BCUT2D eigenvalue weighted by atomic mass is 10.0. The van der Waals surface area contributed by atoms with Crippen LogP contribution in [0.5, 0.6) is 5.75 Å². The molecule has 0 N–H and O–H groups in total. The van der Waals surface area contributed by atoms with E-state index in [1.54, 1.807) is 19.4 Å². The number of hydrogen-bond donors (Lipinski definition) is 0. The third-order valence-corrected chi connectivity index (χ3v) is 5.89. The molecule has 0 spiro atoms. The number of piperazine rings is 1. The minimum atomic E-state index is -0.200. The van der Waals surface area contributed by atoms with E-state index in [1.165, 1.54) is 11.6 Å². The van der Waals surface area contributed by atoms with Gasteiger partial charge in [0.25, 0.3) is 0 Å². The van der Waals surface area contributed by atoms with Crippen molar-refractivity contribution in [2.24, 2.45) is 0 Å². The second-order valence-corrected chi connectivity index (χ2v) is 8.15. The zero-order valence-corrected chi connectivity index (χ0v) is 18.7. The number of Topliss-reactive ketones (excluding diaryl/α,β-unsaturated/α-hetero) is 1. The Labute approximate surface area is 188 Å². The average molecular weight is 433 g/mol. The van der Waals surface area contributed by atoms with Crippen LogP contribution in [-0.4, -0.2) is 64.2 Å². The Kier molecular flexibility index (Phi) is 6.37. The molecule has 0 radical (unpaired) electrons. The number of ether oxygens (including phenoxy) is 1. The first-order valence-corrected chi connectivity index (χ1v) is 10.8. The largest absolute Gasteiger partial charge is 0.496 e. The molecule has 0 saturated carbocycles. The van der Waals surface area contributed by atoms with Crippen LogP contribution in [0.15, 0.2) is 60.8 Å². The summed E-state index contributed by atoms with van der Waals surface area (Å²) >= 11 is 0. The van der Waals surface area contributed by atoms with Gasteiger partial charge >= 0.3 is 6.03 Å². The van der Waals surface area contributed by atoms with Gasteiger partial charge in [-0.3, -0.25) is 9.69 Å². The van der Waals surface area contributed by atoms with E-state index in [1.807, 2.05) is 30.0 Å². The monoisotopic (exact) mass is 432 g/mol. The fourth-order valence-corrected chi connectivity index (χ4v) is 4.14. The summed E-state index contributed by atoms with van der Waals surface area (Å²) in [4.78, 5) is 28.5. The normalized spacial score (nSPS) is 16.7. The molecule has 0 aliphatic carbocycles. The van der Waals surface area contributed by atoms with Gasteiger partial charge in [-0.25, -0.2) is 4.79 Å². The number of hydrogen-bond acceptors (Lipinski definition) is 5. The molecule has 1 aliphatic rings. The number of carbonyl (C=O) groups is 2. The summed E-state index contributed by atoms with van der Waals surface area (Å²) in [6, 6.07) is 18.0. The topological polar surface area (TPSA) is 67.7 Å². The van der Waals surface area contributed by atoms with E-state index in [9.17, 15) is 9.59 Å². The second kappa shape index (κ2) is 9.36. The number of ketones is 1. The first-order chi connectivity index (χ1) is 15.5. The van der Waals surface area contributed by atoms with Gasteiger partial charge in [0, 0.05) is 50.9 Å². The molecule has 3 aromatic rings. The number of aromatic nitrogens is 2. The first kappa shape index (κ1) is 21.8. The fourth-order valence-electron chi connectivity index (χ4n) is 4.14. The number of benzene rings is 2. The van der Waals surface area contributed by atoms with Crippen molar-refractivity contribution in [3.63, 3.8) is 0 Å². The quantitative estimate of drug-likeness (QED) is 0.572. The molecule has 0 unspecified atom stereocenters. The molecule has 7 nitrogen and oxygen atoms in total. The first-order valence-electron chi connectivity index (χ1n) is 10.8. The molecule has 7 heteroatoms. The Hall–Kier alpha value is -3.45.